The molecule has 1 heterocycles. The first-order valence-corrected chi connectivity index (χ1v) is 3.02. The Morgan fingerprint density at radius 3 is 2.62 bits per heavy atom. The van der Waals surface area contributed by atoms with Gasteiger partial charge >= 0.3 is 12.1 Å². The molecule has 72 valence electrons. The highest BCUT2D eigenvalue weighted by Gasteiger charge is 2.43. The maximum absolute atomic E-state index is 11.6. The van der Waals surface area contributed by atoms with Crippen LogP contribution in [-0.4, -0.2) is 36.0 Å². The van der Waals surface area contributed by atoms with E-state index in [0.717, 1.165) is 0 Å². The Hall–Kier alpha value is -1.60. The van der Waals surface area contributed by atoms with E-state index >= 15 is 0 Å². The number of hydrogen-bond acceptors (Lipinski definition) is 4. The maximum atomic E-state index is 11.6. The Morgan fingerprint density at radius 2 is 2.23 bits per heavy atom. The van der Waals surface area contributed by atoms with E-state index in [-0.39, 0.29) is 11.6 Å². The second-order valence-electron chi connectivity index (χ2n) is 2.05. The zero-order chi connectivity index (χ0) is 10.1. The van der Waals surface area contributed by atoms with Crippen LogP contribution in [0.3, 0.4) is 0 Å². The molecule has 0 atom stereocenters. The molecule has 1 amide bonds. The smallest absolute Gasteiger partial charge is 0.323 e. The van der Waals surface area contributed by atoms with Crippen molar-refractivity contribution in [3.8, 4) is 0 Å². The average Bonchev–Trinajstić information content (AvgIpc) is 2.34. The predicted molar refractivity (Wildman–Crippen MR) is 32.4 cm³/mol. The van der Waals surface area contributed by atoms with Gasteiger partial charge in [0.05, 0.1) is 0 Å². The summed E-state index contributed by atoms with van der Waals surface area (Å²) in [6, 6.07) is 0. The van der Waals surface area contributed by atoms with E-state index in [4.69, 9.17) is 0 Å². The molecule has 0 aromatic rings. The molecule has 13 heavy (non-hydrogen) atoms. The zero-order valence-electron chi connectivity index (χ0n) is 6.04. The van der Waals surface area contributed by atoms with Gasteiger partial charge in [-0.2, -0.15) is 13.2 Å². The first-order valence-electron chi connectivity index (χ1n) is 3.02. The molecule has 0 saturated heterocycles. The molecule has 0 aromatic heterocycles. The lowest BCUT2D eigenvalue weighted by atomic mass is 10.6. The Kier molecular flexibility index (Phi) is 2.22. The lowest BCUT2D eigenvalue weighted by Crippen LogP contribution is -2.36. The molecule has 0 aliphatic carbocycles. The molecule has 0 unspecified atom stereocenters. The number of alkyl halides is 3. The summed E-state index contributed by atoms with van der Waals surface area (Å²) in [6.07, 6.45) is -4.40. The molecular weight excluding hydrogens is 193 g/mol. The molecule has 0 saturated carbocycles. The van der Waals surface area contributed by atoms with E-state index in [2.05, 4.69) is 9.83 Å². The molecule has 8 heteroatoms. The highest BCUT2D eigenvalue weighted by molar-refractivity contribution is 5.94. The summed E-state index contributed by atoms with van der Waals surface area (Å²) in [6.45, 7) is -0.314. The van der Waals surface area contributed by atoms with Crippen molar-refractivity contribution < 1.29 is 27.6 Å². The lowest BCUT2D eigenvalue weighted by Gasteiger charge is -2.11. The fraction of sp³-hybridized carbons (Fsp3) is 0.400. The van der Waals surface area contributed by atoms with Gasteiger partial charge in [-0.25, -0.2) is 4.79 Å². The first kappa shape index (κ1) is 9.49. The average molecular weight is 196 g/mol. The van der Waals surface area contributed by atoms with Gasteiger partial charge in [0, 0.05) is 0 Å². The number of rotatable bonds is 1. The summed E-state index contributed by atoms with van der Waals surface area (Å²) in [5.74, 6) is -3.27. The number of amides is 1. The fourth-order valence-corrected chi connectivity index (χ4v) is 0.543. The van der Waals surface area contributed by atoms with E-state index in [1.165, 1.54) is 0 Å². The second kappa shape index (κ2) is 3.04. The fourth-order valence-electron chi connectivity index (χ4n) is 0.543. The molecule has 1 rings (SSSR count). The van der Waals surface area contributed by atoms with Crippen molar-refractivity contribution in [2.75, 3.05) is 6.54 Å². The number of carbonyl (C=O) groups excluding carboxylic acids is 2. The van der Waals surface area contributed by atoms with E-state index in [9.17, 15) is 22.8 Å². The highest BCUT2D eigenvalue weighted by Crippen LogP contribution is 2.17. The van der Waals surface area contributed by atoms with Gasteiger partial charge in [0.2, 0.25) is 0 Å². The van der Waals surface area contributed by atoms with Gasteiger partial charge in [0.15, 0.2) is 0 Å². The molecule has 0 fully saturated rings. The van der Waals surface area contributed by atoms with Crippen LogP contribution >= 0.6 is 0 Å². The minimum absolute atomic E-state index is 0.149. The SMILES string of the molecule is O=C1CN=CN1OC(=O)C(F)(F)F. The quantitative estimate of drug-likeness (QED) is 0.587. The molecular formula is C5H3F3N2O3. The minimum atomic E-state index is -5.11. The Morgan fingerprint density at radius 1 is 1.62 bits per heavy atom. The summed E-state index contributed by atoms with van der Waals surface area (Å²) in [5.41, 5.74) is 0. The van der Waals surface area contributed by atoms with Crippen molar-refractivity contribution in [3.05, 3.63) is 0 Å². The predicted octanol–water partition coefficient (Wildman–Crippen LogP) is -0.123. The summed E-state index contributed by atoms with van der Waals surface area (Å²) in [5, 5.41) is 0.149. The standard InChI is InChI=1S/C5H3F3N2O3/c6-5(7,8)4(12)13-10-2-9-1-3(10)11/h2H,1H2. The van der Waals surface area contributed by atoms with Crippen molar-refractivity contribution in [1.29, 1.82) is 0 Å². The van der Waals surface area contributed by atoms with Gasteiger partial charge in [-0.15, -0.1) is 5.06 Å². The van der Waals surface area contributed by atoms with E-state index in [1.807, 2.05) is 0 Å². The number of carbonyl (C=O) groups is 2. The number of hydrogen-bond donors (Lipinski definition) is 0. The third-order valence-electron chi connectivity index (χ3n) is 1.07. The van der Waals surface area contributed by atoms with E-state index < -0.39 is 18.1 Å². The van der Waals surface area contributed by atoms with Crippen LogP contribution in [0.4, 0.5) is 13.2 Å². The summed E-state index contributed by atoms with van der Waals surface area (Å²) in [7, 11) is 0. The van der Waals surface area contributed by atoms with Gasteiger partial charge < -0.3 is 4.84 Å². The highest BCUT2D eigenvalue weighted by atomic mass is 19.4. The summed E-state index contributed by atoms with van der Waals surface area (Å²) >= 11 is 0. The van der Waals surface area contributed by atoms with Gasteiger partial charge in [-0.1, -0.05) is 0 Å². The second-order valence-corrected chi connectivity index (χ2v) is 2.05. The largest absolute Gasteiger partial charge is 0.493 e. The molecule has 0 aromatic carbocycles. The first-order chi connectivity index (χ1) is 5.91. The maximum Gasteiger partial charge on any atom is 0.493 e. The summed E-state index contributed by atoms with van der Waals surface area (Å²) < 4.78 is 34.7. The lowest BCUT2D eigenvalue weighted by molar-refractivity contribution is -0.223. The number of halogens is 3. The minimum Gasteiger partial charge on any atom is -0.323 e. The van der Waals surface area contributed by atoms with Crippen LogP contribution in [0, 0.1) is 0 Å². The van der Waals surface area contributed by atoms with Crippen molar-refractivity contribution >= 4 is 18.2 Å². The van der Waals surface area contributed by atoms with Gasteiger partial charge in [0.25, 0.3) is 5.91 Å². The number of hydroxylamine groups is 2. The van der Waals surface area contributed by atoms with Gasteiger partial charge in [-0.3, -0.25) is 9.79 Å². The van der Waals surface area contributed by atoms with E-state index in [1.54, 1.807) is 0 Å². The van der Waals surface area contributed by atoms with Crippen LogP contribution in [0.15, 0.2) is 4.99 Å². The Bertz CT molecular complexity index is 273. The van der Waals surface area contributed by atoms with E-state index in [0.29, 0.717) is 6.34 Å². The van der Waals surface area contributed by atoms with Gasteiger partial charge in [-0.05, 0) is 0 Å². The van der Waals surface area contributed by atoms with Crippen LogP contribution < -0.4 is 0 Å². The zero-order valence-corrected chi connectivity index (χ0v) is 6.04. The topological polar surface area (TPSA) is 59.0 Å². The third kappa shape index (κ3) is 2.17. The molecule has 0 radical (unpaired) electrons. The Labute approximate surface area is 69.7 Å². The molecule has 0 bridgehead atoms. The summed E-state index contributed by atoms with van der Waals surface area (Å²) in [4.78, 5) is 27.7. The number of nitrogens with zero attached hydrogens (tertiary/aromatic N) is 2. The van der Waals surface area contributed by atoms with Crippen molar-refractivity contribution in [3.63, 3.8) is 0 Å². The monoisotopic (exact) mass is 196 g/mol. The molecule has 5 nitrogen and oxygen atoms in total. The molecule has 0 spiro atoms. The van der Waals surface area contributed by atoms with Crippen LogP contribution in [0.25, 0.3) is 0 Å². The molecule has 0 N–H and O–H groups in total. The van der Waals surface area contributed by atoms with Crippen LogP contribution in [0.1, 0.15) is 0 Å². The van der Waals surface area contributed by atoms with Crippen LogP contribution in [-0.2, 0) is 14.4 Å². The van der Waals surface area contributed by atoms with Gasteiger partial charge in [0.1, 0.15) is 12.9 Å². The van der Waals surface area contributed by atoms with Crippen molar-refractivity contribution in [1.82, 2.24) is 5.06 Å². The van der Waals surface area contributed by atoms with Crippen LogP contribution in [0.5, 0.6) is 0 Å². The van der Waals surface area contributed by atoms with Crippen molar-refractivity contribution in [2.45, 2.75) is 6.18 Å². The van der Waals surface area contributed by atoms with Crippen molar-refractivity contribution in [2.24, 2.45) is 4.99 Å². The number of aliphatic imine (C=N–C) groups is 1. The third-order valence-corrected chi connectivity index (χ3v) is 1.07. The molecule has 1 aliphatic rings. The molecule has 1 aliphatic heterocycles. The Balaban J connectivity index is 2.55. The van der Waals surface area contributed by atoms with Crippen LogP contribution in [0.2, 0.25) is 0 Å². The normalized spacial score (nSPS) is 16.5.